The summed E-state index contributed by atoms with van der Waals surface area (Å²) in [5.41, 5.74) is 1.75. The van der Waals surface area contributed by atoms with E-state index in [4.69, 9.17) is 11.6 Å². The maximum absolute atomic E-state index is 14.0. The van der Waals surface area contributed by atoms with Crippen molar-refractivity contribution in [3.63, 3.8) is 0 Å². The van der Waals surface area contributed by atoms with Crippen molar-refractivity contribution in [3.8, 4) is 0 Å². The summed E-state index contributed by atoms with van der Waals surface area (Å²) < 4.78 is 17.2. The van der Waals surface area contributed by atoms with Crippen molar-refractivity contribution >= 4 is 39.4 Å². The second-order valence-corrected chi connectivity index (χ2v) is 9.02. The lowest BCUT2D eigenvalue weighted by atomic mass is 9.95. The highest BCUT2D eigenvalue weighted by molar-refractivity contribution is 6.31. The monoisotopic (exact) mass is 466 g/mol. The lowest BCUT2D eigenvalue weighted by molar-refractivity contribution is -0.122. The fraction of sp³-hybridized carbons (Fsp3) is 0.320. The van der Waals surface area contributed by atoms with Gasteiger partial charge in [0.05, 0.1) is 18.4 Å². The molecule has 0 spiro atoms. The van der Waals surface area contributed by atoms with Crippen molar-refractivity contribution in [2.45, 2.75) is 51.2 Å². The van der Waals surface area contributed by atoms with Gasteiger partial charge in [0, 0.05) is 16.5 Å². The highest BCUT2D eigenvalue weighted by Crippen LogP contribution is 2.27. The van der Waals surface area contributed by atoms with Gasteiger partial charge in [-0.05, 0) is 42.7 Å². The van der Waals surface area contributed by atoms with Crippen LogP contribution in [-0.2, 0) is 17.9 Å². The van der Waals surface area contributed by atoms with Gasteiger partial charge >= 0.3 is 0 Å². The first-order chi connectivity index (χ1) is 16.0. The molecule has 1 amide bonds. The molecule has 6 nitrogen and oxygen atoms in total. The summed E-state index contributed by atoms with van der Waals surface area (Å²) in [4.78, 5) is 30.9. The van der Waals surface area contributed by atoms with Gasteiger partial charge in [-0.2, -0.15) is 0 Å². The molecule has 1 N–H and O–H groups in total. The van der Waals surface area contributed by atoms with Crippen molar-refractivity contribution in [2.24, 2.45) is 0 Å². The molecule has 0 radical (unpaired) electrons. The van der Waals surface area contributed by atoms with Crippen LogP contribution in [-0.4, -0.2) is 26.1 Å². The number of hydrogen-bond acceptors (Lipinski definition) is 3. The molecule has 170 valence electrons. The third-order valence-electron chi connectivity index (χ3n) is 6.36. The summed E-state index contributed by atoms with van der Waals surface area (Å²) in [6.45, 7) is 0.209. The molecule has 0 unspecified atom stereocenters. The van der Waals surface area contributed by atoms with Crippen molar-refractivity contribution in [1.29, 1.82) is 0 Å². The van der Waals surface area contributed by atoms with E-state index in [1.807, 2.05) is 18.2 Å². The molecule has 4 aromatic rings. The molecule has 2 aromatic heterocycles. The zero-order chi connectivity index (χ0) is 22.9. The number of amides is 1. The summed E-state index contributed by atoms with van der Waals surface area (Å²) in [6, 6.07) is 11.7. The van der Waals surface area contributed by atoms with E-state index in [9.17, 15) is 14.0 Å². The van der Waals surface area contributed by atoms with Crippen molar-refractivity contribution < 1.29 is 9.18 Å². The molecule has 2 aromatic carbocycles. The Morgan fingerprint density at radius 1 is 1.15 bits per heavy atom. The Hall–Kier alpha value is -3.19. The zero-order valence-corrected chi connectivity index (χ0v) is 18.8. The number of hydrogen-bond donors (Lipinski definition) is 1. The minimum Gasteiger partial charge on any atom is -0.352 e. The first-order valence-electron chi connectivity index (χ1n) is 11.2. The van der Waals surface area contributed by atoms with Crippen LogP contribution in [0.3, 0.4) is 0 Å². The smallest absolute Gasteiger partial charge is 0.278 e. The largest absolute Gasteiger partial charge is 0.352 e. The highest BCUT2D eigenvalue weighted by Gasteiger charge is 2.21. The van der Waals surface area contributed by atoms with E-state index in [1.54, 1.807) is 16.7 Å². The quantitative estimate of drug-likeness (QED) is 0.466. The van der Waals surface area contributed by atoms with E-state index in [2.05, 4.69) is 10.3 Å². The number of benzene rings is 2. The van der Waals surface area contributed by atoms with Crippen LogP contribution in [0.2, 0.25) is 5.02 Å². The van der Waals surface area contributed by atoms with Crippen LogP contribution in [0.1, 0.15) is 37.7 Å². The van der Waals surface area contributed by atoms with Gasteiger partial charge in [-0.25, -0.2) is 9.37 Å². The second kappa shape index (κ2) is 8.98. The number of nitrogens with zero attached hydrogens (tertiary/aromatic N) is 3. The van der Waals surface area contributed by atoms with Gasteiger partial charge in [-0.1, -0.05) is 49.1 Å². The molecule has 0 atom stereocenters. The summed E-state index contributed by atoms with van der Waals surface area (Å²) in [7, 11) is 0. The Kier molecular flexibility index (Phi) is 5.89. The number of rotatable bonds is 5. The molecule has 5 rings (SSSR count). The fourth-order valence-corrected chi connectivity index (χ4v) is 4.92. The number of fused-ring (bicyclic) bond motifs is 3. The minimum atomic E-state index is -0.421. The summed E-state index contributed by atoms with van der Waals surface area (Å²) in [5.74, 6) is -0.582. The van der Waals surface area contributed by atoms with Crippen LogP contribution in [0, 0.1) is 5.82 Å². The van der Waals surface area contributed by atoms with E-state index in [-0.39, 0.29) is 36.1 Å². The Bertz CT molecular complexity index is 1410. The molecule has 1 saturated carbocycles. The predicted octanol–water partition coefficient (Wildman–Crippen LogP) is 4.64. The molecule has 33 heavy (non-hydrogen) atoms. The van der Waals surface area contributed by atoms with E-state index in [1.165, 1.54) is 29.4 Å². The van der Waals surface area contributed by atoms with E-state index < -0.39 is 5.82 Å². The SMILES string of the molecule is O=C(Cn1c2ccc(F)cc2c2ncn(Cc3ccccc3Cl)c(=O)c21)NC1CCCCC1. The van der Waals surface area contributed by atoms with Crippen LogP contribution in [0.4, 0.5) is 4.39 Å². The lowest BCUT2D eigenvalue weighted by Gasteiger charge is -2.23. The Morgan fingerprint density at radius 3 is 2.73 bits per heavy atom. The lowest BCUT2D eigenvalue weighted by Crippen LogP contribution is -2.38. The van der Waals surface area contributed by atoms with Gasteiger partial charge in [-0.15, -0.1) is 0 Å². The Morgan fingerprint density at radius 2 is 1.94 bits per heavy atom. The predicted molar refractivity (Wildman–Crippen MR) is 127 cm³/mol. The van der Waals surface area contributed by atoms with Crippen LogP contribution >= 0.6 is 11.6 Å². The van der Waals surface area contributed by atoms with Gasteiger partial charge in [0.2, 0.25) is 5.91 Å². The van der Waals surface area contributed by atoms with Gasteiger partial charge in [-0.3, -0.25) is 14.2 Å². The van der Waals surface area contributed by atoms with Gasteiger partial charge in [0.1, 0.15) is 23.4 Å². The number of aromatic nitrogens is 3. The fourth-order valence-electron chi connectivity index (χ4n) is 4.72. The first kappa shape index (κ1) is 21.6. The number of halogens is 2. The third kappa shape index (κ3) is 4.25. The Balaban J connectivity index is 1.58. The van der Waals surface area contributed by atoms with Gasteiger partial charge < -0.3 is 9.88 Å². The van der Waals surface area contributed by atoms with E-state index >= 15 is 0 Å². The molecule has 8 heteroatoms. The average Bonchev–Trinajstić information content (AvgIpc) is 3.11. The summed E-state index contributed by atoms with van der Waals surface area (Å²) in [5, 5.41) is 4.16. The topological polar surface area (TPSA) is 68.9 Å². The van der Waals surface area contributed by atoms with Gasteiger partial charge in [0.25, 0.3) is 5.56 Å². The molecule has 0 aliphatic heterocycles. The molecular weight excluding hydrogens is 443 g/mol. The normalized spacial score (nSPS) is 14.7. The summed E-state index contributed by atoms with van der Waals surface area (Å²) >= 11 is 6.28. The van der Waals surface area contributed by atoms with E-state index in [0.29, 0.717) is 21.4 Å². The Labute approximate surface area is 195 Å². The molecule has 0 bridgehead atoms. The van der Waals surface area contributed by atoms with Crippen LogP contribution in [0.15, 0.2) is 53.6 Å². The van der Waals surface area contributed by atoms with Crippen LogP contribution in [0.25, 0.3) is 21.9 Å². The summed E-state index contributed by atoms with van der Waals surface area (Å²) in [6.07, 6.45) is 6.80. The highest BCUT2D eigenvalue weighted by atomic mass is 35.5. The third-order valence-corrected chi connectivity index (χ3v) is 6.73. The van der Waals surface area contributed by atoms with Crippen LogP contribution in [0.5, 0.6) is 0 Å². The maximum Gasteiger partial charge on any atom is 0.278 e. The molecule has 0 saturated heterocycles. The minimum absolute atomic E-state index is 0.0326. The molecule has 1 fully saturated rings. The maximum atomic E-state index is 14.0. The first-order valence-corrected chi connectivity index (χ1v) is 11.6. The molecule has 1 aliphatic carbocycles. The average molecular weight is 467 g/mol. The van der Waals surface area contributed by atoms with Crippen LogP contribution < -0.4 is 10.9 Å². The van der Waals surface area contributed by atoms with Crippen molar-refractivity contribution in [3.05, 3.63) is 75.5 Å². The molecule has 1 aliphatic rings. The van der Waals surface area contributed by atoms with Crippen molar-refractivity contribution in [1.82, 2.24) is 19.4 Å². The zero-order valence-electron chi connectivity index (χ0n) is 18.1. The number of carbonyl (C=O) groups is 1. The van der Waals surface area contributed by atoms with E-state index in [0.717, 1.165) is 31.2 Å². The second-order valence-electron chi connectivity index (χ2n) is 8.62. The van der Waals surface area contributed by atoms with Gasteiger partial charge in [0.15, 0.2) is 0 Å². The number of nitrogens with one attached hydrogen (secondary N) is 1. The molecular formula is C25H24ClFN4O2. The number of carbonyl (C=O) groups excluding carboxylic acids is 1. The van der Waals surface area contributed by atoms with Crippen molar-refractivity contribution in [2.75, 3.05) is 0 Å². The standard InChI is InChI=1S/C25H24ClFN4O2/c26-20-9-5-4-6-16(20)13-30-15-28-23-19-12-17(27)10-11-21(19)31(24(23)25(30)33)14-22(32)29-18-7-2-1-3-8-18/h4-6,9-12,15,18H,1-3,7-8,13-14H2,(H,29,32). The molecule has 2 heterocycles.